The van der Waals surface area contributed by atoms with Crippen LogP contribution < -0.4 is 0 Å². The maximum Gasteiger partial charge on any atom is 0.312 e. The zero-order valence-corrected chi connectivity index (χ0v) is 27.2. The summed E-state index contributed by atoms with van der Waals surface area (Å²) in [6, 6.07) is 9.89. The molecule has 1 aromatic rings. The van der Waals surface area contributed by atoms with Crippen LogP contribution in [0.25, 0.3) is 0 Å². The first-order chi connectivity index (χ1) is 19.7. The van der Waals surface area contributed by atoms with Crippen LogP contribution in [0.2, 0.25) is 0 Å². The van der Waals surface area contributed by atoms with Gasteiger partial charge >= 0.3 is 5.97 Å². The predicted molar refractivity (Wildman–Crippen MR) is 165 cm³/mol. The van der Waals surface area contributed by atoms with Crippen LogP contribution in [0.3, 0.4) is 0 Å². The molecule has 1 aromatic carbocycles. The van der Waals surface area contributed by atoms with Gasteiger partial charge in [-0.2, -0.15) is 0 Å². The summed E-state index contributed by atoms with van der Waals surface area (Å²) in [6.45, 7) is 14.0. The van der Waals surface area contributed by atoms with Gasteiger partial charge in [-0.3, -0.25) is 14.4 Å². The monoisotopic (exact) mass is 592 g/mol. The molecule has 0 saturated heterocycles. The molecule has 0 N–H and O–H groups in total. The normalized spacial score (nSPS) is 44.0. The molecule has 5 aliphatic rings. The van der Waals surface area contributed by atoms with E-state index in [9.17, 15) is 14.4 Å². The van der Waals surface area contributed by atoms with Gasteiger partial charge in [0.25, 0.3) is 0 Å². The van der Waals surface area contributed by atoms with Crippen LogP contribution in [-0.2, 0) is 25.7 Å². The largest absolute Gasteiger partial charge is 0.460 e. The lowest BCUT2D eigenvalue weighted by Gasteiger charge is -2.67. The fourth-order valence-electron chi connectivity index (χ4n) is 11.4. The summed E-state index contributed by atoms with van der Waals surface area (Å²) >= 11 is 6.13. The summed E-state index contributed by atoms with van der Waals surface area (Å²) in [6.07, 6.45) is 10.5. The number of benzene rings is 1. The Labute approximate surface area is 257 Å². The SMILES string of the molecule is CC1(C)C2CC[C@@]3(C)C4CC[C@@]5(C)CC[C@](C)(C(=O)OCc6ccccc6)CC5C4=CC(=O)C3[C@@]2(C)CC[C@@H]1C(=O)Cl. The Morgan fingerprint density at radius 2 is 1.55 bits per heavy atom. The molecule has 4 fully saturated rings. The highest BCUT2D eigenvalue weighted by Gasteiger charge is 2.67. The molecule has 0 aliphatic heterocycles. The van der Waals surface area contributed by atoms with Crippen LogP contribution >= 0.6 is 11.6 Å². The van der Waals surface area contributed by atoms with Gasteiger partial charge in [-0.25, -0.2) is 0 Å². The van der Waals surface area contributed by atoms with Gasteiger partial charge in [0.05, 0.1) is 5.41 Å². The summed E-state index contributed by atoms with van der Waals surface area (Å²) in [5, 5.41) is -0.221. The molecular formula is C37H49ClO4. The fraction of sp³-hybridized carbons (Fsp3) is 0.703. The molecular weight excluding hydrogens is 544 g/mol. The van der Waals surface area contributed by atoms with Crippen LogP contribution in [0.4, 0.5) is 0 Å². The molecule has 0 amide bonds. The van der Waals surface area contributed by atoms with Crippen molar-refractivity contribution in [2.75, 3.05) is 0 Å². The maximum absolute atomic E-state index is 14.4. The summed E-state index contributed by atoms with van der Waals surface area (Å²) in [5.41, 5.74) is 1.39. The van der Waals surface area contributed by atoms with Gasteiger partial charge in [-0.1, -0.05) is 70.5 Å². The Morgan fingerprint density at radius 3 is 2.24 bits per heavy atom. The quantitative estimate of drug-likeness (QED) is 0.259. The standard InChI is InChI=1S/C37H49ClO4/c1-33(2)26(31(38)40)13-16-37(6)29(33)14-17-36(5)25-12-15-34(3)18-19-35(4,21-27(34)24(25)20-28(39)30(36)37)32(41)42-22-23-10-8-7-9-11-23/h7-11,20,25-27,29-30H,12-19,21-22H2,1-6H3/t25?,26-,27?,29?,30?,34+,35+,36+,37+/m1/s1. The molecule has 0 heterocycles. The molecule has 5 heteroatoms. The van der Waals surface area contributed by atoms with Crippen molar-refractivity contribution in [3.8, 4) is 0 Å². The van der Waals surface area contributed by atoms with E-state index in [2.05, 4.69) is 47.6 Å². The lowest BCUT2D eigenvalue weighted by molar-refractivity contribution is -0.179. The molecule has 4 nitrogen and oxygen atoms in total. The summed E-state index contributed by atoms with van der Waals surface area (Å²) in [4.78, 5) is 40.5. The van der Waals surface area contributed by atoms with Gasteiger partial charge in [0, 0.05) is 11.8 Å². The zero-order valence-electron chi connectivity index (χ0n) is 26.4. The second-order valence-corrected chi connectivity index (χ2v) is 16.8. The molecule has 4 saturated carbocycles. The molecule has 0 radical (unpaired) electrons. The van der Waals surface area contributed by atoms with Gasteiger partial charge in [0.15, 0.2) is 5.78 Å². The van der Waals surface area contributed by atoms with Crippen molar-refractivity contribution in [3.63, 3.8) is 0 Å². The van der Waals surface area contributed by atoms with Crippen molar-refractivity contribution < 1.29 is 19.1 Å². The highest BCUT2D eigenvalue weighted by molar-refractivity contribution is 6.64. The molecule has 9 atom stereocenters. The Hall–Kier alpha value is -1.94. The van der Waals surface area contributed by atoms with Crippen LogP contribution in [0, 0.1) is 56.7 Å². The first-order valence-corrected chi connectivity index (χ1v) is 16.7. The minimum Gasteiger partial charge on any atom is -0.460 e. The molecule has 0 bridgehead atoms. The number of hydrogen-bond acceptors (Lipinski definition) is 4. The van der Waals surface area contributed by atoms with E-state index in [0.717, 1.165) is 63.4 Å². The van der Waals surface area contributed by atoms with Crippen molar-refractivity contribution in [2.24, 2.45) is 56.7 Å². The second-order valence-electron chi connectivity index (χ2n) is 16.4. The predicted octanol–water partition coefficient (Wildman–Crippen LogP) is 8.70. The van der Waals surface area contributed by atoms with E-state index < -0.39 is 5.41 Å². The van der Waals surface area contributed by atoms with Gasteiger partial charge in [0.2, 0.25) is 5.24 Å². The Morgan fingerprint density at radius 1 is 0.857 bits per heavy atom. The Kier molecular flexibility index (Phi) is 7.20. The number of esters is 1. The van der Waals surface area contributed by atoms with E-state index in [4.69, 9.17) is 16.3 Å². The third-order valence-corrected chi connectivity index (χ3v) is 14.0. The number of rotatable bonds is 4. The van der Waals surface area contributed by atoms with E-state index in [0.29, 0.717) is 12.5 Å². The highest BCUT2D eigenvalue weighted by Crippen LogP contribution is 2.72. The molecule has 0 spiro atoms. The third kappa shape index (κ3) is 4.39. The topological polar surface area (TPSA) is 60.4 Å². The van der Waals surface area contributed by atoms with E-state index in [1.807, 2.05) is 30.3 Å². The lowest BCUT2D eigenvalue weighted by Crippen LogP contribution is -2.63. The highest BCUT2D eigenvalue weighted by atomic mass is 35.5. The van der Waals surface area contributed by atoms with Gasteiger partial charge < -0.3 is 4.74 Å². The van der Waals surface area contributed by atoms with Gasteiger partial charge in [-0.05, 0) is 127 Å². The second kappa shape index (κ2) is 10.0. The minimum atomic E-state index is -0.553. The van der Waals surface area contributed by atoms with Crippen molar-refractivity contribution in [1.82, 2.24) is 0 Å². The number of carbonyl (C=O) groups is 3. The van der Waals surface area contributed by atoms with E-state index in [1.165, 1.54) is 5.57 Å². The van der Waals surface area contributed by atoms with Crippen molar-refractivity contribution in [3.05, 3.63) is 47.5 Å². The lowest BCUT2D eigenvalue weighted by atomic mass is 9.36. The van der Waals surface area contributed by atoms with Gasteiger partial charge in [0.1, 0.15) is 6.61 Å². The number of hydrogen-bond donors (Lipinski definition) is 0. The zero-order chi connectivity index (χ0) is 30.3. The third-order valence-electron chi connectivity index (χ3n) is 13.8. The smallest absolute Gasteiger partial charge is 0.312 e. The van der Waals surface area contributed by atoms with Gasteiger partial charge in [-0.15, -0.1) is 0 Å². The summed E-state index contributed by atoms with van der Waals surface area (Å²) in [7, 11) is 0. The number of fused-ring (bicyclic) bond motifs is 7. The average Bonchev–Trinajstić information content (AvgIpc) is 2.92. The van der Waals surface area contributed by atoms with Crippen molar-refractivity contribution in [2.45, 2.75) is 106 Å². The molecule has 6 rings (SSSR count). The Balaban J connectivity index is 1.30. The summed E-state index contributed by atoms with van der Waals surface area (Å²) in [5.74, 6) is 0.840. The number of halogens is 1. The van der Waals surface area contributed by atoms with Crippen LogP contribution in [0.15, 0.2) is 42.0 Å². The van der Waals surface area contributed by atoms with Crippen LogP contribution in [-0.4, -0.2) is 17.0 Å². The van der Waals surface area contributed by atoms with E-state index >= 15 is 0 Å². The molecule has 0 aromatic heterocycles. The van der Waals surface area contributed by atoms with Crippen LogP contribution in [0.1, 0.15) is 105 Å². The number of ether oxygens (including phenoxy) is 1. The minimum absolute atomic E-state index is 0.0432. The van der Waals surface area contributed by atoms with E-state index in [1.54, 1.807) is 0 Å². The average molecular weight is 593 g/mol. The number of allylic oxidation sites excluding steroid dienone is 2. The van der Waals surface area contributed by atoms with Crippen molar-refractivity contribution >= 4 is 28.6 Å². The summed E-state index contributed by atoms with van der Waals surface area (Å²) < 4.78 is 5.90. The molecule has 228 valence electrons. The molecule has 42 heavy (non-hydrogen) atoms. The van der Waals surface area contributed by atoms with E-state index in [-0.39, 0.29) is 62.3 Å². The number of carbonyl (C=O) groups excluding carboxylic acids is 3. The Bertz CT molecular complexity index is 1320. The first kappa shape index (κ1) is 30.1. The fourth-order valence-corrected chi connectivity index (χ4v) is 11.8. The van der Waals surface area contributed by atoms with Crippen LogP contribution in [0.5, 0.6) is 0 Å². The maximum atomic E-state index is 14.4. The first-order valence-electron chi connectivity index (χ1n) is 16.3. The number of ketones is 1. The molecule has 5 aliphatic carbocycles. The van der Waals surface area contributed by atoms with Crippen molar-refractivity contribution in [1.29, 1.82) is 0 Å². The molecule has 4 unspecified atom stereocenters.